The molecule has 1 aromatic rings. The van der Waals surface area contributed by atoms with Gasteiger partial charge < -0.3 is 10.2 Å². The first-order chi connectivity index (χ1) is 13.1. The number of benzene rings is 1. The molecule has 3 rings (SSSR count). The van der Waals surface area contributed by atoms with E-state index in [0.717, 1.165) is 51.6 Å². The first-order valence-electron chi connectivity index (χ1n) is 10.1. The van der Waals surface area contributed by atoms with E-state index < -0.39 is 10.0 Å². The lowest BCUT2D eigenvalue weighted by Crippen LogP contribution is -2.48. The van der Waals surface area contributed by atoms with Gasteiger partial charge in [-0.1, -0.05) is 43.9 Å². The van der Waals surface area contributed by atoms with Crippen LogP contribution in [-0.4, -0.2) is 62.3 Å². The summed E-state index contributed by atoms with van der Waals surface area (Å²) in [6, 6.07) is 8.62. The Morgan fingerprint density at radius 2 is 1.67 bits per heavy atom. The number of carbonyl (C=O) groups is 1. The van der Waals surface area contributed by atoms with Crippen molar-refractivity contribution in [2.24, 2.45) is 0 Å². The van der Waals surface area contributed by atoms with Crippen molar-refractivity contribution >= 4 is 15.9 Å². The SMILES string of the molecule is O=C(CCN(C1CCCCCC1)S(=O)(=O)c1ccccc1)N1CCNCC1. The molecule has 1 amide bonds. The number of piperazine rings is 1. The lowest BCUT2D eigenvalue weighted by molar-refractivity contribution is -0.131. The Morgan fingerprint density at radius 1 is 1.04 bits per heavy atom. The van der Waals surface area contributed by atoms with Gasteiger partial charge in [0.05, 0.1) is 4.90 Å². The summed E-state index contributed by atoms with van der Waals surface area (Å²) in [5, 5.41) is 3.24. The van der Waals surface area contributed by atoms with Gasteiger partial charge in [-0.2, -0.15) is 4.31 Å². The molecule has 2 fully saturated rings. The zero-order chi connectivity index (χ0) is 19.1. The van der Waals surface area contributed by atoms with E-state index in [9.17, 15) is 13.2 Å². The van der Waals surface area contributed by atoms with Gasteiger partial charge in [0.1, 0.15) is 0 Å². The molecule has 27 heavy (non-hydrogen) atoms. The Balaban J connectivity index is 1.76. The van der Waals surface area contributed by atoms with E-state index in [1.807, 2.05) is 11.0 Å². The van der Waals surface area contributed by atoms with Crippen LogP contribution in [0.25, 0.3) is 0 Å². The molecule has 1 heterocycles. The van der Waals surface area contributed by atoms with Crippen LogP contribution in [0.1, 0.15) is 44.9 Å². The number of amides is 1. The number of carbonyl (C=O) groups excluding carboxylic acids is 1. The van der Waals surface area contributed by atoms with Crippen LogP contribution >= 0.6 is 0 Å². The van der Waals surface area contributed by atoms with E-state index in [1.165, 1.54) is 0 Å². The number of nitrogens with one attached hydrogen (secondary N) is 1. The lowest BCUT2D eigenvalue weighted by atomic mass is 10.1. The summed E-state index contributed by atoms with van der Waals surface area (Å²) in [4.78, 5) is 14.8. The van der Waals surface area contributed by atoms with Gasteiger partial charge in [0.2, 0.25) is 15.9 Å². The summed E-state index contributed by atoms with van der Waals surface area (Å²) < 4.78 is 28.3. The molecule has 0 unspecified atom stereocenters. The Hall–Kier alpha value is -1.44. The summed E-state index contributed by atoms with van der Waals surface area (Å²) in [5.41, 5.74) is 0. The number of hydrogen-bond acceptors (Lipinski definition) is 4. The van der Waals surface area contributed by atoms with Gasteiger partial charge in [0.25, 0.3) is 0 Å². The van der Waals surface area contributed by atoms with Gasteiger partial charge in [-0.05, 0) is 25.0 Å². The van der Waals surface area contributed by atoms with Gasteiger partial charge in [-0.25, -0.2) is 8.42 Å². The highest BCUT2D eigenvalue weighted by Gasteiger charge is 2.32. The van der Waals surface area contributed by atoms with Crippen LogP contribution in [0.4, 0.5) is 0 Å². The van der Waals surface area contributed by atoms with Crippen LogP contribution in [0, 0.1) is 0 Å². The normalized spacial score (nSPS) is 19.8. The fourth-order valence-corrected chi connectivity index (χ4v) is 5.76. The Labute approximate surface area is 163 Å². The number of rotatable bonds is 6. The smallest absolute Gasteiger partial charge is 0.243 e. The van der Waals surface area contributed by atoms with E-state index >= 15 is 0 Å². The van der Waals surface area contributed by atoms with Crippen molar-refractivity contribution in [2.45, 2.75) is 55.9 Å². The van der Waals surface area contributed by atoms with Crippen LogP contribution in [0.2, 0.25) is 0 Å². The number of sulfonamides is 1. The van der Waals surface area contributed by atoms with E-state index in [0.29, 0.717) is 18.0 Å². The zero-order valence-corrected chi connectivity index (χ0v) is 16.8. The van der Waals surface area contributed by atoms with Crippen molar-refractivity contribution in [1.82, 2.24) is 14.5 Å². The maximum absolute atomic E-state index is 13.3. The van der Waals surface area contributed by atoms with Crippen molar-refractivity contribution in [1.29, 1.82) is 0 Å². The largest absolute Gasteiger partial charge is 0.340 e. The second-order valence-corrected chi connectivity index (χ2v) is 9.35. The molecule has 1 saturated heterocycles. The van der Waals surface area contributed by atoms with Gasteiger partial charge in [0, 0.05) is 45.2 Å². The fraction of sp³-hybridized carbons (Fsp3) is 0.650. The molecule has 0 bridgehead atoms. The molecule has 0 spiro atoms. The van der Waals surface area contributed by atoms with Crippen LogP contribution in [0.3, 0.4) is 0 Å². The molecule has 1 aliphatic heterocycles. The molecule has 0 atom stereocenters. The van der Waals surface area contributed by atoms with Crippen molar-refractivity contribution in [3.8, 4) is 0 Å². The molecule has 7 heteroatoms. The predicted molar refractivity (Wildman–Crippen MR) is 106 cm³/mol. The highest BCUT2D eigenvalue weighted by atomic mass is 32.2. The Kier molecular flexibility index (Phi) is 7.26. The lowest BCUT2D eigenvalue weighted by Gasteiger charge is -2.32. The molecule has 0 radical (unpaired) electrons. The van der Waals surface area contributed by atoms with Gasteiger partial charge in [-0.15, -0.1) is 0 Å². The topological polar surface area (TPSA) is 69.7 Å². The maximum atomic E-state index is 13.3. The number of nitrogens with zero attached hydrogens (tertiary/aromatic N) is 2. The van der Waals surface area contributed by atoms with Gasteiger partial charge in [0.15, 0.2) is 0 Å². The van der Waals surface area contributed by atoms with E-state index in [4.69, 9.17) is 0 Å². The molecule has 1 N–H and O–H groups in total. The minimum atomic E-state index is -3.59. The standard InChI is InChI=1S/C20H31N3O3S/c24-20(22-16-13-21-14-17-22)12-15-23(18-8-4-1-2-5-9-18)27(25,26)19-10-6-3-7-11-19/h3,6-7,10-11,18,21H,1-2,4-5,8-9,12-17H2. The average molecular weight is 394 g/mol. The summed E-state index contributed by atoms with van der Waals surface area (Å²) in [6.45, 7) is 3.28. The second kappa shape index (κ2) is 9.66. The molecular formula is C20H31N3O3S. The highest BCUT2D eigenvalue weighted by molar-refractivity contribution is 7.89. The molecule has 150 valence electrons. The monoisotopic (exact) mass is 393 g/mol. The second-order valence-electron chi connectivity index (χ2n) is 7.45. The first kappa shape index (κ1) is 20.3. The summed E-state index contributed by atoms with van der Waals surface area (Å²) >= 11 is 0. The van der Waals surface area contributed by atoms with E-state index in [2.05, 4.69) is 5.32 Å². The Bertz CT molecular complexity index is 694. The van der Waals surface area contributed by atoms with Gasteiger partial charge >= 0.3 is 0 Å². The average Bonchev–Trinajstić information content (AvgIpc) is 2.98. The third-order valence-corrected chi connectivity index (χ3v) is 7.56. The minimum absolute atomic E-state index is 0.00599. The fourth-order valence-electron chi connectivity index (χ4n) is 4.05. The van der Waals surface area contributed by atoms with Crippen molar-refractivity contribution in [2.75, 3.05) is 32.7 Å². The quantitative estimate of drug-likeness (QED) is 0.753. The highest BCUT2D eigenvalue weighted by Crippen LogP contribution is 2.27. The molecule has 1 saturated carbocycles. The maximum Gasteiger partial charge on any atom is 0.243 e. The summed E-state index contributed by atoms with van der Waals surface area (Å²) in [7, 11) is -3.59. The number of hydrogen-bond donors (Lipinski definition) is 1. The van der Waals surface area contributed by atoms with Crippen molar-refractivity contribution < 1.29 is 13.2 Å². The third kappa shape index (κ3) is 5.30. The zero-order valence-electron chi connectivity index (χ0n) is 16.0. The van der Waals surface area contributed by atoms with Crippen molar-refractivity contribution in [3.05, 3.63) is 30.3 Å². The Morgan fingerprint density at radius 3 is 2.30 bits per heavy atom. The van der Waals surface area contributed by atoms with E-state index in [1.54, 1.807) is 28.6 Å². The summed E-state index contributed by atoms with van der Waals surface area (Å²) in [5.74, 6) is 0.0541. The predicted octanol–water partition coefficient (Wildman–Crippen LogP) is 2.22. The van der Waals surface area contributed by atoms with Crippen LogP contribution in [0.5, 0.6) is 0 Å². The van der Waals surface area contributed by atoms with Crippen LogP contribution in [0.15, 0.2) is 35.2 Å². The molecule has 2 aliphatic rings. The van der Waals surface area contributed by atoms with E-state index in [-0.39, 0.29) is 24.9 Å². The summed E-state index contributed by atoms with van der Waals surface area (Å²) in [6.07, 6.45) is 6.45. The molecule has 0 aromatic heterocycles. The molecule has 6 nitrogen and oxygen atoms in total. The third-order valence-electron chi connectivity index (χ3n) is 5.60. The van der Waals surface area contributed by atoms with Crippen LogP contribution < -0.4 is 5.32 Å². The first-order valence-corrected chi connectivity index (χ1v) is 11.6. The minimum Gasteiger partial charge on any atom is -0.340 e. The van der Waals surface area contributed by atoms with Crippen molar-refractivity contribution in [3.63, 3.8) is 0 Å². The molecular weight excluding hydrogens is 362 g/mol. The van der Waals surface area contributed by atoms with Gasteiger partial charge in [-0.3, -0.25) is 4.79 Å². The van der Waals surface area contributed by atoms with Crippen LogP contribution in [-0.2, 0) is 14.8 Å². The molecule has 1 aliphatic carbocycles. The molecule has 1 aromatic carbocycles.